The molecule has 1 aliphatic carbocycles. The van der Waals surface area contributed by atoms with Crippen LogP contribution in [0.2, 0.25) is 0 Å². The van der Waals surface area contributed by atoms with Crippen molar-refractivity contribution in [2.45, 2.75) is 25.8 Å². The van der Waals surface area contributed by atoms with Crippen molar-refractivity contribution >= 4 is 16.9 Å². The molecule has 5 rings (SSSR count). The summed E-state index contributed by atoms with van der Waals surface area (Å²) in [6, 6.07) is 6.03. The highest BCUT2D eigenvalue weighted by molar-refractivity contribution is 5.97. The Morgan fingerprint density at radius 3 is 2.64 bits per heavy atom. The summed E-state index contributed by atoms with van der Waals surface area (Å²) in [6.07, 6.45) is 9.61. The average Bonchev–Trinajstić information content (AvgIpc) is 3.18. The van der Waals surface area contributed by atoms with Crippen LogP contribution in [-0.4, -0.2) is 51.4 Å². The van der Waals surface area contributed by atoms with Crippen LogP contribution in [0.5, 0.6) is 0 Å². The van der Waals surface area contributed by atoms with Crippen molar-refractivity contribution in [3.63, 3.8) is 0 Å². The van der Waals surface area contributed by atoms with Crippen molar-refractivity contribution in [3.8, 4) is 0 Å². The fourth-order valence-electron chi connectivity index (χ4n) is 4.07. The van der Waals surface area contributed by atoms with Crippen LogP contribution in [0.1, 0.15) is 29.0 Å². The number of hydrogen-bond acceptors (Lipinski definition) is 3. The lowest BCUT2D eigenvalue weighted by Crippen LogP contribution is -2.27. The first-order chi connectivity index (χ1) is 12.3. The van der Waals surface area contributed by atoms with Crippen molar-refractivity contribution < 1.29 is 4.79 Å². The van der Waals surface area contributed by atoms with E-state index in [0.29, 0.717) is 0 Å². The first kappa shape index (κ1) is 14.8. The maximum atomic E-state index is 12.6. The lowest BCUT2D eigenvalue weighted by atomic mass is 10.1. The number of benzene rings is 1. The van der Waals surface area contributed by atoms with Crippen molar-refractivity contribution in [1.82, 2.24) is 19.4 Å². The normalized spacial score (nSPS) is 19.6. The molecule has 1 fully saturated rings. The molecule has 1 amide bonds. The number of carbonyl (C=O) groups is 1. The number of fused-ring (bicyclic) bond motifs is 3. The number of nitrogens with zero attached hydrogens (tertiary/aromatic N) is 4. The monoisotopic (exact) mass is 334 g/mol. The average molecular weight is 334 g/mol. The fraction of sp³-hybridized carbons (Fsp3) is 0.400. The lowest BCUT2D eigenvalue weighted by Gasteiger charge is -2.25. The van der Waals surface area contributed by atoms with Gasteiger partial charge in [0.25, 0.3) is 5.91 Å². The van der Waals surface area contributed by atoms with Crippen LogP contribution in [0.15, 0.2) is 42.1 Å². The second-order valence-electron chi connectivity index (χ2n) is 7.07. The molecule has 5 heteroatoms. The summed E-state index contributed by atoms with van der Waals surface area (Å²) in [5, 5.41) is 0. The number of allylic oxidation sites excluding steroid dienone is 3. The Bertz CT molecular complexity index is 902. The van der Waals surface area contributed by atoms with Gasteiger partial charge in [0.2, 0.25) is 0 Å². The second kappa shape index (κ2) is 5.76. The Morgan fingerprint density at radius 1 is 1.04 bits per heavy atom. The van der Waals surface area contributed by atoms with Gasteiger partial charge in [0.15, 0.2) is 0 Å². The van der Waals surface area contributed by atoms with Crippen LogP contribution in [-0.2, 0) is 13.0 Å². The lowest BCUT2D eigenvalue weighted by molar-refractivity contribution is 0.0793. The molecule has 0 unspecified atom stereocenters. The molecule has 5 nitrogen and oxygen atoms in total. The molecule has 1 aromatic heterocycles. The molecule has 2 aliphatic heterocycles. The van der Waals surface area contributed by atoms with Gasteiger partial charge in [0.1, 0.15) is 5.82 Å². The fourth-order valence-corrected chi connectivity index (χ4v) is 4.07. The quantitative estimate of drug-likeness (QED) is 0.848. The van der Waals surface area contributed by atoms with E-state index in [-0.39, 0.29) is 5.91 Å². The predicted octanol–water partition coefficient (Wildman–Crippen LogP) is 2.58. The Hall–Kier alpha value is -2.56. The molecule has 3 heterocycles. The van der Waals surface area contributed by atoms with Gasteiger partial charge in [-0.2, -0.15) is 0 Å². The van der Waals surface area contributed by atoms with E-state index < -0.39 is 0 Å². The number of carbonyl (C=O) groups excluding carboxylic acids is 1. The summed E-state index contributed by atoms with van der Waals surface area (Å²) in [5.74, 6) is 1.28. The molecule has 1 aromatic carbocycles. The molecule has 2 aromatic rings. The summed E-state index contributed by atoms with van der Waals surface area (Å²) in [4.78, 5) is 21.8. The third-order valence-corrected chi connectivity index (χ3v) is 5.57. The van der Waals surface area contributed by atoms with Gasteiger partial charge in [-0.3, -0.25) is 4.79 Å². The number of likely N-dealkylation sites (tertiary alicyclic amines) is 1. The standard InChI is InChI=1S/C20H22N4O/c25-20(23-9-1-2-10-23)15-6-7-18-17(14-15)21-19-8-11-22(12-13-24(18)19)16-4-3-5-16/h3-7,14H,1-2,8-13H2. The van der Waals surface area contributed by atoms with E-state index in [1.54, 1.807) is 0 Å². The number of aromatic nitrogens is 2. The number of amides is 1. The van der Waals surface area contributed by atoms with Crippen molar-refractivity contribution in [1.29, 1.82) is 0 Å². The van der Waals surface area contributed by atoms with Gasteiger partial charge in [-0.15, -0.1) is 0 Å². The molecule has 25 heavy (non-hydrogen) atoms. The zero-order valence-electron chi connectivity index (χ0n) is 14.3. The SMILES string of the molecule is O=C(c1ccc2c(c1)nc1n2CCN(C2=CC=C2)CC1)N1CCCC1. The molecule has 0 spiro atoms. The minimum Gasteiger partial charge on any atom is -0.369 e. The van der Waals surface area contributed by atoms with Crippen LogP contribution >= 0.6 is 0 Å². The van der Waals surface area contributed by atoms with Gasteiger partial charge in [-0.1, -0.05) is 6.08 Å². The number of rotatable bonds is 2. The van der Waals surface area contributed by atoms with Gasteiger partial charge in [-0.25, -0.2) is 4.98 Å². The van der Waals surface area contributed by atoms with Crippen LogP contribution in [0.3, 0.4) is 0 Å². The molecule has 128 valence electrons. The Labute approximate surface area is 147 Å². The van der Waals surface area contributed by atoms with Crippen molar-refractivity contribution in [2.75, 3.05) is 26.2 Å². The topological polar surface area (TPSA) is 41.4 Å². The zero-order chi connectivity index (χ0) is 16.8. The van der Waals surface area contributed by atoms with Gasteiger partial charge in [-0.05, 0) is 43.2 Å². The molecular weight excluding hydrogens is 312 g/mol. The minimum absolute atomic E-state index is 0.150. The maximum Gasteiger partial charge on any atom is 0.253 e. The molecule has 1 saturated heterocycles. The second-order valence-corrected chi connectivity index (χ2v) is 7.07. The highest BCUT2D eigenvalue weighted by Gasteiger charge is 2.22. The van der Waals surface area contributed by atoms with Crippen molar-refractivity contribution in [3.05, 3.63) is 53.5 Å². The van der Waals surface area contributed by atoms with E-state index >= 15 is 0 Å². The molecule has 0 N–H and O–H groups in total. The highest BCUT2D eigenvalue weighted by Crippen LogP contribution is 2.24. The Kier molecular flexibility index (Phi) is 3.40. The maximum absolute atomic E-state index is 12.6. The first-order valence-corrected chi connectivity index (χ1v) is 9.21. The van der Waals surface area contributed by atoms with Gasteiger partial charge < -0.3 is 14.4 Å². The third-order valence-electron chi connectivity index (χ3n) is 5.57. The van der Waals surface area contributed by atoms with E-state index in [4.69, 9.17) is 4.98 Å². The Balaban J connectivity index is 1.43. The predicted molar refractivity (Wildman–Crippen MR) is 97.4 cm³/mol. The molecule has 0 radical (unpaired) electrons. The minimum atomic E-state index is 0.150. The molecule has 3 aliphatic rings. The number of hydrogen-bond donors (Lipinski definition) is 0. The summed E-state index contributed by atoms with van der Waals surface area (Å²) < 4.78 is 2.32. The van der Waals surface area contributed by atoms with E-state index in [9.17, 15) is 4.79 Å². The van der Waals surface area contributed by atoms with E-state index in [2.05, 4.69) is 33.8 Å². The van der Waals surface area contributed by atoms with Crippen LogP contribution in [0, 0.1) is 0 Å². The first-order valence-electron chi connectivity index (χ1n) is 9.21. The van der Waals surface area contributed by atoms with E-state index in [0.717, 1.165) is 74.4 Å². The largest absolute Gasteiger partial charge is 0.369 e. The zero-order valence-corrected chi connectivity index (χ0v) is 14.3. The molecule has 0 bridgehead atoms. The van der Waals surface area contributed by atoms with Crippen LogP contribution in [0.25, 0.3) is 11.0 Å². The Morgan fingerprint density at radius 2 is 1.88 bits per heavy atom. The summed E-state index contributed by atoms with van der Waals surface area (Å²) in [7, 11) is 0. The van der Waals surface area contributed by atoms with Crippen LogP contribution in [0.4, 0.5) is 0 Å². The van der Waals surface area contributed by atoms with Gasteiger partial charge in [0, 0.05) is 50.4 Å². The van der Waals surface area contributed by atoms with Crippen LogP contribution < -0.4 is 0 Å². The van der Waals surface area contributed by atoms with E-state index in [1.165, 1.54) is 5.70 Å². The molecular formula is C20H22N4O. The molecule has 0 saturated carbocycles. The summed E-state index contributed by atoms with van der Waals surface area (Å²) >= 11 is 0. The third kappa shape index (κ3) is 2.46. The van der Waals surface area contributed by atoms with Crippen molar-refractivity contribution in [2.24, 2.45) is 0 Å². The smallest absolute Gasteiger partial charge is 0.253 e. The van der Waals surface area contributed by atoms with E-state index in [1.807, 2.05) is 17.0 Å². The summed E-state index contributed by atoms with van der Waals surface area (Å²) in [6.45, 7) is 4.71. The highest BCUT2D eigenvalue weighted by atomic mass is 16.2. The van der Waals surface area contributed by atoms with Gasteiger partial charge in [0.05, 0.1) is 11.0 Å². The number of imidazole rings is 1. The molecule has 0 atom stereocenters. The summed E-state index contributed by atoms with van der Waals surface area (Å²) in [5.41, 5.74) is 4.20. The van der Waals surface area contributed by atoms with Gasteiger partial charge >= 0.3 is 0 Å².